The van der Waals surface area contributed by atoms with Crippen molar-refractivity contribution in [3.05, 3.63) is 59.7 Å². The Morgan fingerprint density at radius 1 is 0.957 bits per heavy atom. The lowest BCUT2D eigenvalue weighted by molar-refractivity contribution is -0.118. The second-order valence-electron chi connectivity index (χ2n) is 4.94. The third-order valence-corrected chi connectivity index (χ3v) is 3.29. The van der Waals surface area contributed by atoms with Gasteiger partial charge in [0.2, 0.25) is 5.91 Å². The second-order valence-corrected chi connectivity index (χ2v) is 4.94. The third kappa shape index (κ3) is 4.17. The monoisotopic (exact) mass is 307 g/mol. The molecule has 116 valence electrons. The SMILES string of the molecule is CC(=O)NCCNC(=O)c1ccccc1-c1ccccc1C#N. The van der Waals surface area contributed by atoms with Gasteiger partial charge in [-0.3, -0.25) is 9.59 Å². The van der Waals surface area contributed by atoms with Gasteiger partial charge in [0.05, 0.1) is 11.6 Å². The average molecular weight is 307 g/mol. The Bertz CT molecular complexity index is 763. The lowest BCUT2D eigenvalue weighted by atomic mass is 9.95. The van der Waals surface area contributed by atoms with E-state index in [9.17, 15) is 14.9 Å². The summed E-state index contributed by atoms with van der Waals surface area (Å²) >= 11 is 0. The maximum absolute atomic E-state index is 12.4. The summed E-state index contributed by atoms with van der Waals surface area (Å²) < 4.78 is 0. The Morgan fingerprint density at radius 3 is 2.26 bits per heavy atom. The van der Waals surface area contributed by atoms with E-state index in [1.807, 2.05) is 24.3 Å². The zero-order chi connectivity index (χ0) is 16.7. The second kappa shape index (κ2) is 7.76. The van der Waals surface area contributed by atoms with Crippen LogP contribution >= 0.6 is 0 Å². The fourth-order valence-corrected chi connectivity index (χ4v) is 2.24. The topological polar surface area (TPSA) is 82.0 Å². The van der Waals surface area contributed by atoms with Crippen LogP contribution in [-0.4, -0.2) is 24.9 Å². The zero-order valence-corrected chi connectivity index (χ0v) is 12.8. The van der Waals surface area contributed by atoms with Crippen LogP contribution in [0.3, 0.4) is 0 Å². The molecular weight excluding hydrogens is 290 g/mol. The number of nitrogens with zero attached hydrogens (tertiary/aromatic N) is 1. The van der Waals surface area contributed by atoms with Gasteiger partial charge in [-0.2, -0.15) is 5.26 Å². The Kier molecular flexibility index (Phi) is 5.48. The van der Waals surface area contributed by atoms with Crippen LogP contribution in [0.2, 0.25) is 0 Å². The third-order valence-electron chi connectivity index (χ3n) is 3.29. The molecule has 0 aliphatic carbocycles. The van der Waals surface area contributed by atoms with E-state index in [2.05, 4.69) is 16.7 Å². The van der Waals surface area contributed by atoms with Gasteiger partial charge in [0.1, 0.15) is 0 Å². The number of benzene rings is 2. The van der Waals surface area contributed by atoms with Gasteiger partial charge in [-0.05, 0) is 17.7 Å². The van der Waals surface area contributed by atoms with Crippen molar-refractivity contribution in [3.63, 3.8) is 0 Å². The molecule has 0 aliphatic heterocycles. The predicted octanol–water partition coefficient (Wildman–Crippen LogP) is 2.09. The van der Waals surface area contributed by atoms with Gasteiger partial charge < -0.3 is 10.6 Å². The van der Waals surface area contributed by atoms with Gasteiger partial charge in [-0.15, -0.1) is 0 Å². The molecule has 0 heterocycles. The summed E-state index contributed by atoms with van der Waals surface area (Å²) in [5.74, 6) is -0.374. The van der Waals surface area contributed by atoms with Crippen LogP contribution in [0, 0.1) is 11.3 Å². The number of carbonyl (C=O) groups excluding carboxylic acids is 2. The van der Waals surface area contributed by atoms with E-state index in [1.54, 1.807) is 24.3 Å². The number of nitriles is 1. The Labute approximate surface area is 134 Å². The molecule has 5 heteroatoms. The maximum atomic E-state index is 12.4. The van der Waals surface area contributed by atoms with E-state index in [1.165, 1.54) is 6.92 Å². The summed E-state index contributed by atoms with van der Waals surface area (Å²) in [7, 11) is 0. The van der Waals surface area contributed by atoms with E-state index < -0.39 is 0 Å². The molecule has 0 atom stereocenters. The van der Waals surface area contributed by atoms with Crippen molar-refractivity contribution in [3.8, 4) is 17.2 Å². The van der Waals surface area contributed by atoms with Gasteiger partial charge in [0, 0.05) is 31.1 Å². The molecule has 0 saturated carbocycles. The number of hydrogen-bond donors (Lipinski definition) is 2. The molecule has 0 bridgehead atoms. The maximum Gasteiger partial charge on any atom is 0.251 e. The predicted molar refractivity (Wildman–Crippen MR) is 87.6 cm³/mol. The minimum atomic E-state index is -0.237. The van der Waals surface area contributed by atoms with Crippen molar-refractivity contribution in [2.75, 3.05) is 13.1 Å². The first kappa shape index (κ1) is 16.2. The summed E-state index contributed by atoms with van der Waals surface area (Å²) in [6.45, 7) is 2.14. The lowest BCUT2D eigenvalue weighted by Gasteiger charge is -2.11. The van der Waals surface area contributed by atoms with Crippen LogP contribution in [0.1, 0.15) is 22.8 Å². The van der Waals surface area contributed by atoms with Gasteiger partial charge in [-0.1, -0.05) is 36.4 Å². The Hall–Kier alpha value is -3.13. The minimum absolute atomic E-state index is 0.136. The first-order chi connectivity index (χ1) is 11.1. The van der Waals surface area contributed by atoms with Gasteiger partial charge in [-0.25, -0.2) is 0 Å². The van der Waals surface area contributed by atoms with E-state index in [0.717, 1.165) is 5.56 Å². The molecule has 0 saturated heterocycles. The van der Waals surface area contributed by atoms with Crippen LogP contribution in [-0.2, 0) is 4.79 Å². The van der Waals surface area contributed by atoms with Gasteiger partial charge in [0.25, 0.3) is 5.91 Å². The molecule has 23 heavy (non-hydrogen) atoms. The van der Waals surface area contributed by atoms with Crippen molar-refractivity contribution < 1.29 is 9.59 Å². The molecule has 0 radical (unpaired) electrons. The molecule has 0 aliphatic rings. The van der Waals surface area contributed by atoms with E-state index >= 15 is 0 Å². The summed E-state index contributed by atoms with van der Waals surface area (Å²) in [6, 6.07) is 16.5. The standard InChI is InChI=1S/C18H17N3O2/c1-13(22)20-10-11-21-18(23)17-9-5-4-8-16(17)15-7-3-2-6-14(15)12-19/h2-9H,10-11H2,1H3,(H,20,22)(H,21,23). The highest BCUT2D eigenvalue weighted by Crippen LogP contribution is 2.26. The molecule has 2 N–H and O–H groups in total. The number of amides is 2. The van der Waals surface area contributed by atoms with Gasteiger partial charge in [0.15, 0.2) is 0 Å². The van der Waals surface area contributed by atoms with Crippen LogP contribution in [0.25, 0.3) is 11.1 Å². The number of rotatable bonds is 5. The van der Waals surface area contributed by atoms with E-state index in [-0.39, 0.29) is 11.8 Å². The fourth-order valence-electron chi connectivity index (χ4n) is 2.24. The van der Waals surface area contributed by atoms with Crippen LogP contribution < -0.4 is 10.6 Å². The summed E-state index contributed by atoms with van der Waals surface area (Å²) in [5.41, 5.74) is 2.45. The molecule has 2 aromatic carbocycles. The minimum Gasteiger partial charge on any atom is -0.355 e. The van der Waals surface area contributed by atoms with E-state index in [4.69, 9.17) is 0 Å². The smallest absolute Gasteiger partial charge is 0.251 e. The molecule has 0 fully saturated rings. The first-order valence-corrected chi connectivity index (χ1v) is 7.24. The van der Waals surface area contributed by atoms with Crippen LogP contribution in [0.4, 0.5) is 0 Å². The molecule has 2 rings (SSSR count). The summed E-state index contributed by atoms with van der Waals surface area (Å²) in [6.07, 6.45) is 0. The van der Waals surface area contributed by atoms with Crippen molar-refractivity contribution in [2.45, 2.75) is 6.92 Å². The van der Waals surface area contributed by atoms with Crippen molar-refractivity contribution in [2.24, 2.45) is 0 Å². The highest BCUT2D eigenvalue weighted by Gasteiger charge is 2.14. The fraction of sp³-hybridized carbons (Fsp3) is 0.167. The number of nitrogens with one attached hydrogen (secondary N) is 2. The highest BCUT2D eigenvalue weighted by molar-refractivity contribution is 6.01. The molecule has 0 spiro atoms. The van der Waals surface area contributed by atoms with Crippen molar-refractivity contribution in [1.29, 1.82) is 5.26 Å². The average Bonchev–Trinajstić information content (AvgIpc) is 2.58. The normalized spacial score (nSPS) is 9.74. The largest absolute Gasteiger partial charge is 0.355 e. The highest BCUT2D eigenvalue weighted by atomic mass is 16.2. The molecule has 0 unspecified atom stereocenters. The lowest BCUT2D eigenvalue weighted by Crippen LogP contribution is -2.33. The quantitative estimate of drug-likeness (QED) is 0.830. The molecule has 2 aromatic rings. The molecular formula is C18H17N3O2. The van der Waals surface area contributed by atoms with Crippen LogP contribution in [0.15, 0.2) is 48.5 Å². The molecule has 5 nitrogen and oxygen atoms in total. The Balaban J connectivity index is 2.22. The van der Waals surface area contributed by atoms with E-state index in [0.29, 0.717) is 29.8 Å². The summed E-state index contributed by atoms with van der Waals surface area (Å²) in [4.78, 5) is 23.2. The van der Waals surface area contributed by atoms with Crippen molar-refractivity contribution in [1.82, 2.24) is 10.6 Å². The van der Waals surface area contributed by atoms with Gasteiger partial charge >= 0.3 is 0 Å². The molecule has 2 amide bonds. The molecule has 0 aromatic heterocycles. The summed E-state index contributed by atoms with van der Waals surface area (Å²) in [5, 5.41) is 14.6. The first-order valence-electron chi connectivity index (χ1n) is 7.24. The van der Waals surface area contributed by atoms with Crippen molar-refractivity contribution >= 4 is 11.8 Å². The number of hydrogen-bond acceptors (Lipinski definition) is 3. The Morgan fingerprint density at radius 2 is 1.57 bits per heavy atom. The van der Waals surface area contributed by atoms with Crippen LogP contribution in [0.5, 0.6) is 0 Å². The zero-order valence-electron chi connectivity index (χ0n) is 12.8. The number of carbonyl (C=O) groups is 2.